The number of hydrogen-bond donors (Lipinski definition) is 1. The second-order valence-corrected chi connectivity index (χ2v) is 8.07. The van der Waals surface area contributed by atoms with E-state index in [-0.39, 0.29) is 17.6 Å². The summed E-state index contributed by atoms with van der Waals surface area (Å²) < 4.78 is 5.11. The number of anilines is 2. The van der Waals surface area contributed by atoms with Gasteiger partial charge in [-0.1, -0.05) is 17.4 Å². The summed E-state index contributed by atoms with van der Waals surface area (Å²) in [6.45, 7) is 2.62. The highest BCUT2D eigenvalue weighted by Gasteiger charge is 2.24. The minimum Gasteiger partial charge on any atom is -0.459 e. The van der Waals surface area contributed by atoms with Crippen LogP contribution in [0.1, 0.15) is 20.9 Å². The predicted molar refractivity (Wildman–Crippen MR) is 119 cm³/mol. The molecule has 0 radical (unpaired) electrons. The molecule has 31 heavy (non-hydrogen) atoms. The third kappa shape index (κ3) is 3.99. The molecule has 1 aliphatic rings. The van der Waals surface area contributed by atoms with Crippen molar-refractivity contribution in [3.05, 3.63) is 72.3 Å². The average Bonchev–Trinajstić information content (AvgIpc) is 3.49. The Bertz CT molecular complexity index is 1200. The van der Waals surface area contributed by atoms with Gasteiger partial charge in [-0.2, -0.15) is 0 Å². The summed E-state index contributed by atoms with van der Waals surface area (Å²) in [6.07, 6.45) is 3.21. The Kier molecular flexibility index (Phi) is 5.09. The van der Waals surface area contributed by atoms with Crippen LogP contribution in [0.25, 0.3) is 10.3 Å². The van der Waals surface area contributed by atoms with Gasteiger partial charge in [-0.05, 0) is 42.5 Å². The molecule has 1 aliphatic heterocycles. The van der Waals surface area contributed by atoms with Gasteiger partial charge in [-0.25, -0.2) is 9.97 Å². The van der Waals surface area contributed by atoms with E-state index in [1.54, 1.807) is 53.9 Å². The van der Waals surface area contributed by atoms with Gasteiger partial charge in [0, 0.05) is 43.6 Å². The number of amides is 2. The van der Waals surface area contributed by atoms with E-state index in [9.17, 15) is 9.59 Å². The number of benzene rings is 1. The Labute approximate surface area is 182 Å². The number of aromatic nitrogens is 2. The SMILES string of the molecule is O=C(Nc1cccc(C(=O)N2CCN(c3nc4cccnc4s3)CC2)c1)c1ccco1. The molecule has 1 aromatic carbocycles. The molecule has 8 nitrogen and oxygen atoms in total. The summed E-state index contributed by atoms with van der Waals surface area (Å²) in [4.78, 5) is 39.1. The summed E-state index contributed by atoms with van der Waals surface area (Å²) in [5.41, 5.74) is 1.98. The monoisotopic (exact) mass is 433 g/mol. The van der Waals surface area contributed by atoms with E-state index in [1.807, 2.05) is 17.0 Å². The Hall–Kier alpha value is -3.72. The van der Waals surface area contributed by atoms with Crippen LogP contribution in [-0.4, -0.2) is 52.9 Å². The highest BCUT2D eigenvalue weighted by molar-refractivity contribution is 7.21. The molecule has 5 rings (SSSR count). The highest BCUT2D eigenvalue weighted by atomic mass is 32.1. The summed E-state index contributed by atoms with van der Waals surface area (Å²) in [6, 6.07) is 14.0. The molecule has 156 valence electrons. The number of thiazole rings is 1. The fourth-order valence-electron chi connectivity index (χ4n) is 3.51. The zero-order chi connectivity index (χ0) is 21.2. The molecule has 0 spiro atoms. The van der Waals surface area contributed by atoms with Crippen LogP contribution >= 0.6 is 11.3 Å². The van der Waals surface area contributed by atoms with Gasteiger partial charge < -0.3 is 19.5 Å². The van der Waals surface area contributed by atoms with Crippen molar-refractivity contribution in [2.24, 2.45) is 0 Å². The average molecular weight is 433 g/mol. The molecule has 0 bridgehead atoms. The number of nitrogens with zero attached hydrogens (tertiary/aromatic N) is 4. The smallest absolute Gasteiger partial charge is 0.291 e. The molecule has 1 N–H and O–H groups in total. The van der Waals surface area contributed by atoms with Gasteiger partial charge in [0.25, 0.3) is 11.8 Å². The fraction of sp³-hybridized carbons (Fsp3) is 0.182. The second-order valence-electron chi connectivity index (χ2n) is 7.12. The molecular weight excluding hydrogens is 414 g/mol. The lowest BCUT2D eigenvalue weighted by atomic mass is 10.1. The minimum atomic E-state index is -0.353. The van der Waals surface area contributed by atoms with Gasteiger partial charge >= 0.3 is 0 Å². The molecule has 3 aromatic heterocycles. The zero-order valence-electron chi connectivity index (χ0n) is 16.5. The lowest BCUT2D eigenvalue weighted by molar-refractivity contribution is 0.0746. The first kappa shape index (κ1) is 19.3. The number of piperazine rings is 1. The molecule has 0 unspecified atom stereocenters. The Morgan fingerprint density at radius 2 is 1.90 bits per heavy atom. The second kappa shape index (κ2) is 8.19. The van der Waals surface area contributed by atoms with Crippen LogP contribution in [0, 0.1) is 0 Å². The Morgan fingerprint density at radius 1 is 1.03 bits per heavy atom. The van der Waals surface area contributed by atoms with E-state index >= 15 is 0 Å². The summed E-state index contributed by atoms with van der Waals surface area (Å²) >= 11 is 1.57. The number of nitrogens with one attached hydrogen (secondary N) is 1. The molecule has 1 fully saturated rings. The maximum Gasteiger partial charge on any atom is 0.291 e. The van der Waals surface area contributed by atoms with Gasteiger partial charge in [-0.15, -0.1) is 0 Å². The number of furan rings is 1. The van der Waals surface area contributed by atoms with Crippen LogP contribution in [0.15, 0.2) is 65.4 Å². The van der Waals surface area contributed by atoms with Gasteiger partial charge in [0.2, 0.25) is 0 Å². The van der Waals surface area contributed by atoms with Crippen LogP contribution in [0.2, 0.25) is 0 Å². The van der Waals surface area contributed by atoms with E-state index in [2.05, 4.69) is 20.2 Å². The van der Waals surface area contributed by atoms with E-state index in [1.165, 1.54) is 6.26 Å². The molecule has 4 aromatic rings. The highest BCUT2D eigenvalue weighted by Crippen LogP contribution is 2.28. The van der Waals surface area contributed by atoms with Crippen molar-refractivity contribution in [2.45, 2.75) is 0 Å². The summed E-state index contributed by atoms with van der Waals surface area (Å²) in [5.74, 6) is -0.189. The number of rotatable bonds is 4. The van der Waals surface area contributed by atoms with E-state index in [0.29, 0.717) is 37.4 Å². The molecular formula is C22H19N5O3S. The minimum absolute atomic E-state index is 0.0558. The van der Waals surface area contributed by atoms with Crippen molar-refractivity contribution in [2.75, 3.05) is 36.4 Å². The first-order valence-corrected chi connectivity index (χ1v) is 10.7. The molecule has 4 heterocycles. The van der Waals surface area contributed by atoms with E-state index in [4.69, 9.17) is 4.42 Å². The lowest BCUT2D eigenvalue weighted by Crippen LogP contribution is -2.48. The fourth-order valence-corrected chi connectivity index (χ4v) is 4.47. The molecule has 0 saturated carbocycles. The quantitative estimate of drug-likeness (QED) is 0.530. The van der Waals surface area contributed by atoms with Crippen molar-refractivity contribution < 1.29 is 14.0 Å². The topological polar surface area (TPSA) is 91.6 Å². The van der Waals surface area contributed by atoms with E-state index < -0.39 is 0 Å². The number of carbonyl (C=O) groups is 2. The van der Waals surface area contributed by atoms with Crippen LogP contribution in [-0.2, 0) is 0 Å². The third-order valence-corrected chi connectivity index (χ3v) is 6.14. The molecule has 2 amide bonds. The van der Waals surface area contributed by atoms with Gasteiger partial charge in [0.15, 0.2) is 10.9 Å². The number of carbonyl (C=O) groups excluding carboxylic acids is 2. The number of pyridine rings is 1. The van der Waals surface area contributed by atoms with Crippen molar-refractivity contribution >= 4 is 44.3 Å². The van der Waals surface area contributed by atoms with Crippen molar-refractivity contribution in [1.29, 1.82) is 0 Å². The zero-order valence-corrected chi connectivity index (χ0v) is 17.3. The van der Waals surface area contributed by atoms with Crippen molar-refractivity contribution in [3.63, 3.8) is 0 Å². The van der Waals surface area contributed by atoms with Gasteiger partial charge in [-0.3, -0.25) is 9.59 Å². The lowest BCUT2D eigenvalue weighted by Gasteiger charge is -2.34. The summed E-state index contributed by atoms with van der Waals surface area (Å²) in [5, 5.41) is 3.69. The largest absolute Gasteiger partial charge is 0.459 e. The predicted octanol–water partition coefficient (Wildman–Crippen LogP) is 3.50. The molecule has 9 heteroatoms. The van der Waals surface area contributed by atoms with Crippen LogP contribution in [0.3, 0.4) is 0 Å². The van der Waals surface area contributed by atoms with Crippen molar-refractivity contribution in [3.8, 4) is 0 Å². The van der Waals surface area contributed by atoms with Crippen LogP contribution in [0.5, 0.6) is 0 Å². The van der Waals surface area contributed by atoms with Gasteiger partial charge in [0.05, 0.1) is 6.26 Å². The first-order chi connectivity index (χ1) is 15.2. The molecule has 0 atom stereocenters. The van der Waals surface area contributed by atoms with Gasteiger partial charge in [0.1, 0.15) is 10.3 Å². The maximum absolute atomic E-state index is 13.0. The van der Waals surface area contributed by atoms with E-state index in [0.717, 1.165) is 15.5 Å². The number of hydrogen-bond acceptors (Lipinski definition) is 7. The standard InChI is InChI=1S/C22H19N5O3S/c28-19(18-7-3-13-30-18)24-16-5-1-4-15(14-16)21(29)26-9-11-27(12-10-26)22-25-17-6-2-8-23-20(17)31-22/h1-8,13-14H,9-12H2,(H,24,28). The van der Waals surface area contributed by atoms with Crippen molar-refractivity contribution in [1.82, 2.24) is 14.9 Å². The normalized spacial score (nSPS) is 14.1. The maximum atomic E-state index is 13.0. The first-order valence-electron chi connectivity index (χ1n) is 9.88. The number of fused-ring (bicyclic) bond motifs is 1. The van der Waals surface area contributed by atoms with Crippen LogP contribution in [0.4, 0.5) is 10.8 Å². The Morgan fingerprint density at radius 3 is 2.68 bits per heavy atom. The summed E-state index contributed by atoms with van der Waals surface area (Å²) in [7, 11) is 0. The Balaban J connectivity index is 1.23. The molecule has 0 aliphatic carbocycles. The van der Waals surface area contributed by atoms with Crippen LogP contribution < -0.4 is 10.2 Å². The third-order valence-electron chi connectivity index (χ3n) is 5.10. The molecule has 1 saturated heterocycles.